The highest BCUT2D eigenvalue weighted by molar-refractivity contribution is 7.89. The van der Waals surface area contributed by atoms with Crippen molar-refractivity contribution in [1.82, 2.24) is 9.62 Å². The molecule has 0 saturated carbocycles. The number of hydrogen-bond acceptors (Lipinski definition) is 3. The Kier molecular flexibility index (Phi) is 2.57. The van der Waals surface area contributed by atoms with E-state index >= 15 is 0 Å². The summed E-state index contributed by atoms with van der Waals surface area (Å²) in [6.07, 6.45) is 2.77. The highest BCUT2D eigenvalue weighted by Crippen LogP contribution is 2.29. The molecule has 1 atom stereocenters. The zero-order valence-corrected chi connectivity index (χ0v) is 9.44. The van der Waals surface area contributed by atoms with Crippen molar-refractivity contribution in [3.8, 4) is 0 Å². The van der Waals surface area contributed by atoms with Crippen LogP contribution >= 0.6 is 0 Å². The summed E-state index contributed by atoms with van der Waals surface area (Å²) in [5.74, 6) is 0.336. The van der Waals surface area contributed by atoms with Crippen molar-refractivity contribution >= 4 is 10.0 Å². The lowest BCUT2D eigenvalue weighted by molar-refractivity contribution is 0.215. The quantitative estimate of drug-likeness (QED) is 0.682. The fourth-order valence-corrected chi connectivity index (χ4v) is 4.44. The van der Waals surface area contributed by atoms with E-state index in [4.69, 9.17) is 0 Å². The van der Waals surface area contributed by atoms with Gasteiger partial charge in [0.15, 0.2) is 0 Å². The van der Waals surface area contributed by atoms with Crippen LogP contribution < -0.4 is 5.32 Å². The van der Waals surface area contributed by atoms with Gasteiger partial charge in [-0.15, -0.1) is 0 Å². The van der Waals surface area contributed by atoms with Gasteiger partial charge in [-0.2, -0.15) is 4.31 Å². The number of hydrogen-bond donors (Lipinski definition) is 1. The minimum atomic E-state index is -2.97. The molecule has 0 aliphatic carbocycles. The van der Waals surface area contributed by atoms with Gasteiger partial charge in [0, 0.05) is 18.6 Å². The highest BCUT2D eigenvalue weighted by Gasteiger charge is 2.42. The maximum Gasteiger partial charge on any atom is 0.214 e. The van der Waals surface area contributed by atoms with Crippen LogP contribution in [0, 0.1) is 0 Å². The Bertz CT molecular complexity index is 307. The summed E-state index contributed by atoms with van der Waals surface area (Å²) in [4.78, 5) is 0. The molecule has 0 bridgehead atoms. The lowest BCUT2D eigenvalue weighted by Crippen LogP contribution is -2.53. The maximum atomic E-state index is 11.9. The molecule has 1 N–H and O–H groups in total. The summed E-state index contributed by atoms with van der Waals surface area (Å²) in [7, 11) is -2.97. The Morgan fingerprint density at radius 1 is 1.36 bits per heavy atom. The van der Waals surface area contributed by atoms with E-state index in [0.717, 1.165) is 32.4 Å². The molecular formula is C9H18N2O2S. The fraction of sp³-hybridized carbons (Fsp3) is 1.00. The molecule has 2 aliphatic heterocycles. The fourth-order valence-electron chi connectivity index (χ4n) is 2.41. The first-order valence-corrected chi connectivity index (χ1v) is 6.87. The summed E-state index contributed by atoms with van der Waals surface area (Å²) >= 11 is 0. The second kappa shape index (κ2) is 3.47. The number of nitrogens with one attached hydrogen (secondary N) is 1. The third-order valence-corrected chi connectivity index (χ3v) is 5.40. The Labute approximate surface area is 85.7 Å². The first-order chi connectivity index (χ1) is 6.55. The van der Waals surface area contributed by atoms with Crippen molar-refractivity contribution in [3.63, 3.8) is 0 Å². The van der Waals surface area contributed by atoms with E-state index in [9.17, 15) is 8.42 Å². The molecule has 1 unspecified atom stereocenters. The average molecular weight is 218 g/mol. The van der Waals surface area contributed by atoms with Crippen LogP contribution in [0.3, 0.4) is 0 Å². The van der Waals surface area contributed by atoms with Crippen LogP contribution in [0.25, 0.3) is 0 Å². The molecule has 5 heteroatoms. The van der Waals surface area contributed by atoms with Crippen LogP contribution in [-0.2, 0) is 10.0 Å². The minimum absolute atomic E-state index is 0.167. The molecule has 2 fully saturated rings. The van der Waals surface area contributed by atoms with Gasteiger partial charge in [-0.25, -0.2) is 8.42 Å². The lowest BCUT2D eigenvalue weighted by atomic mass is 10.0. The molecule has 0 amide bonds. The molecule has 2 heterocycles. The number of sulfonamides is 1. The number of rotatable bonds is 1. The summed E-state index contributed by atoms with van der Waals surface area (Å²) in [6, 6.07) is 0. The zero-order valence-electron chi connectivity index (χ0n) is 8.62. The third-order valence-electron chi connectivity index (χ3n) is 3.30. The first-order valence-electron chi connectivity index (χ1n) is 5.26. The summed E-state index contributed by atoms with van der Waals surface area (Å²) in [6.45, 7) is 4.49. The van der Waals surface area contributed by atoms with Crippen LogP contribution in [0.4, 0.5) is 0 Å². The molecular weight excluding hydrogens is 200 g/mol. The van der Waals surface area contributed by atoms with Gasteiger partial charge in [0.1, 0.15) is 0 Å². The molecule has 0 aromatic rings. The van der Waals surface area contributed by atoms with Crippen LogP contribution in [0.5, 0.6) is 0 Å². The van der Waals surface area contributed by atoms with Gasteiger partial charge < -0.3 is 5.32 Å². The molecule has 2 saturated heterocycles. The van der Waals surface area contributed by atoms with Gasteiger partial charge in [-0.3, -0.25) is 0 Å². The van der Waals surface area contributed by atoms with Crippen molar-refractivity contribution in [2.45, 2.75) is 31.7 Å². The van der Waals surface area contributed by atoms with Crippen LogP contribution in [0.15, 0.2) is 0 Å². The summed E-state index contributed by atoms with van der Waals surface area (Å²) in [5.41, 5.74) is -0.167. The van der Waals surface area contributed by atoms with Crippen molar-refractivity contribution in [2.75, 3.05) is 25.4 Å². The molecule has 2 rings (SSSR count). The van der Waals surface area contributed by atoms with Gasteiger partial charge in [0.2, 0.25) is 10.0 Å². The van der Waals surface area contributed by atoms with E-state index in [1.165, 1.54) is 0 Å². The maximum absolute atomic E-state index is 11.9. The van der Waals surface area contributed by atoms with E-state index < -0.39 is 10.0 Å². The Morgan fingerprint density at radius 2 is 2.14 bits per heavy atom. The van der Waals surface area contributed by atoms with Gasteiger partial charge in [0.25, 0.3) is 0 Å². The first kappa shape index (κ1) is 10.4. The van der Waals surface area contributed by atoms with Crippen LogP contribution in [0.2, 0.25) is 0 Å². The SMILES string of the molecule is CC1(N2CCCCS2(=O)=O)CCNC1. The van der Waals surface area contributed by atoms with E-state index in [-0.39, 0.29) is 5.54 Å². The van der Waals surface area contributed by atoms with E-state index in [1.807, 2.05) is 0 Å². The topological polar surface area (TPSA) is 49.4 Å². The molecule has 4 nitrogen and oxygen atoms in total. The number of nitrogens with zero attached hydrogens (tertiary/aromatic N) is 1. The predicted molar refractivity (Wildman–Crippen MR) is 55.6 cm³/mol. The van der Waals surface area contributed by atoms with Gasteiger partial charge in [-0.05, 0) is 32.7 Å². The van der Waals surface area contributed by atoms with Gasteiger partial charge in [0.05, 0.1) is 5.75 Å². The summed E-state index contributed by atoms with van der Waals surface area (Å²) < 4.78 is 25.5. The van der Waals surface area contributed by atoms with Crippen molar-refractivity contribution in [3.05, 3.63) is 0 Å². The Hall–Kier alpha value is -0.130. The third kappa shape index (κ3) is 1.68. The molecule has 2 aliphatic rings. The molecule has 0 aromatic heterocycles. The Morgan fingerprint density at radius 3 is 2.71 bits per heavy atom. The largest absolute Gasteiger partial charge is 0.315 e. The second-order valence-corrected chi connectivity index (χ2v) is 6.53. The van der Waals surface area contributed by atoms with Crippen molar-refractivity contribution in [1.29, 1.82) is 0 Å². The lowest BCUT2D eigenvalue weighted by Gasteiger charge is -2.39. The van der Waals surface area contributed by atoms with Gasteiger partial charge in [-0.1, -0.05) is 0 Å². The summed E-state index contributed by atoms with van der Waals surface area (Å²) in [5, 5.41) is 3.24. The highest BCUT2D eigenvalue weighted by atomic mass is 32.2. The smallest absolute Gasteiger partial charge is 0.214 e. The van der Waals surface area contributed by atoms with E-state index in [2.05, 4.69) is 12.2 Å². The van der Waals surface area contributed by atoms with Crippen LogP contribution in [-0.4, -0.2) is 43.6 Å². The normalized spacial score (nSPS) is 38.6. The Balaban J connectivity index is 2.23. The van der Waals surface area contributed by atoms with E-state index in [0.29, 0.717) is 12.3 Å². The molecule has 0 aromatic carbocycles. The monoisotopic (exact) mass is 218 g/mol. The van der Waals surface area contributed by atoms with Crippen molar-refractivity contribution in [2.24, 2.45) is 0 Å². The van der Waals surface area contributed by atoms with E-state index in [1.54, 1.807) is 4.31 Å². The second-order valence-electron chi connectivity index (χ2n) is 4.52. The van der Waals surface area contributed by atoms with Gasteiger partial charge >= 0.3 is 0 Å². The van der Waals surface area contributed by atoms with Crippen LogP contribution in [0.1, 0.15) is 26.2 Å². The van der Waals surface area contributed by atoms with Crippen molar-refractivity contribution < 1.29 is 8.42 Å². The molecule has 0 spiro atoms. The standard InChI is InChI=1S/C9H18N2O2S/c1-9(4-5-10-8-9)11-6-2-3-7-14(11,12)13/h10H,2-8H2,1H3. The molecule has 14 heavy (non-hydrogen) atoms. The predicted octanol–water partition coefficient (Wildman–Crippen LogP) is 0.164. The molecule has 82 valence electrons. The zero-order chi connectivity index (χ0) is 10.2. The average Bonchev–Trinajstić information content (AvgIpc) is 2.52. The molecule has 0 radical (unpaired) electrons. The minimum Gasteiger partial charge on any atom is -0.315 e.